The Bertz CT molecular complexity index is 516. The van der Waals surface area contributed by atoms with Crippen LogP contribution in [0.1, 0.15) is 27.6 Å². The van der Waals surface area contributed by atoms with Gasteiger partial charge in [-0.2, -0.15) is 0 Å². The lowest BCUT2D eigenvalue weighted by atomic mass is 10.1. The smallest absolute Gasteiger partial charge is 0.338 e. The summed E-state index contributed by atoms with van der Waals surface area (Å²) < 4.78 is 0. The molecular formula is C11H9Cl2NO4. The predicted molar refractivity (Wildman–Crippen MR) is 66.4 cm³/mol. The van der Waals surface area contributed by atoms with Crippen LogP contribution in [0.4, 0.5) is 0 Å². The van der Waals surface area contributed by atoms with Crippen molar-refractivity contribution in [1.29, 1.82) is 0 Å². The minimum atomic E-state index is -1.37. The van der Waals surface area contributed by atoms with Crippen molar-refractivity contribution in [3.63, 3.8) is 0 Å². The number of carboxylic acid groups (broad SMARTS) is 1. The molecule has 7 heteroatoms. The fourth-order valence-corrected chi connectivity index (χ4v) is 1.78. The molecule has 0 aliphatic carbocycles. The Morgan fingerprint density at radius 1 is 1.28 bits per heavy atom. The number of aromatic carboxylic acids is 1. The summed E-state index contributed by atoms with van der Waals surface area (Å²) in [7, 11) is 0. The fourth-order valence-electron chi connectivity index (χ4n) is 1.30. The zero-order valence-electron chi connectivity index (χ0n) is 9.24. The molecule has 0 spiro atoms. The molecule has 0 aliphatic heterocycles. The third-order valence-electron chi connectivity index (χ3n) is 2.11. The van der Waals surface area contributed by atoms with Gasteiger partial charge in [0.25, 0.3) is 5.91 Å². The Morgan fingerprint density at radius 2 is 1.78 bits per heavy atom. The van der Waals surface area contributed by atoms with Crippen LogP contribution in [0, 0.1) is 0 Å². The van der Waals surface area contributed by atoms with Crippen LogP contribution in [0.3, 0.4) is 0 Å². The highest BCUT2D eigenvalue weighted by atomic mass is 35.5. The summed E-state index contributed by atoms with van der Waals surface area (Å²) >= 11 is 11.5. The van der Waals surface area contributed by atoms with Crippen LogP contribution >= 0.6 is 23.2 Å². The van der Waals surface area contributed by atoms with Crippen molar-refractivity contribution in [3.05, 3.63) is 33.3 Å². The Morgan fingerprint density at radius 3 is 2.22 bits per heavy atom. The zero-order valence-corrected chi connectivity index (χ0v) is 10.7. The van der Waals surface area contributed by atoms with Crippen molar-refractivity contribution in [3.8, 4) is 0 Å². The minimum Gasteiger partial charge on any atom is -0.478 e. The van der Waals surface area contributed by atoms with E-state index in [0.717, 1.165) is 0 Å². The topological polar surface area (TPSA) is 83.5 Å². The van der Waals surface area contributed by atoms with Gasteiger partial charge < -0.3 is 15.2 Å². The van der Waals surface area contributed by atoms with E-state index in [2.05, 4.69) is 5.32 Å². The Hall–Kier alpha value is -1.59. The molecule has 0 radical (unpaired) electrons. The first-order valence-corrected chi connectivity index (χ1v) is 5.61. The van der Waals surface area contributed by atoms with Crippen LogP contribution < -0.4 is 5.32 Å². The molecule has 0 fully saturated rings. The summed E-state index contributed by atoms with van der Waals surface area (Å²) in [5.74, 6) is -2.13. The molecule has 0 aliphatic rings. The quantitative estimate of drug-likeness (QED) is 0.831. The molecule has 1 rings (SSSR count). The fraction of sp³-hybridized carbons (Fsp3) is 0.182. The molecule has 0 heterocycles. The molecule has 1 aromatic carbocycles. The Kier molecular flexibility index (Phi) is 4.69. The number of hydrogen-bond acceptors (Lipinski definition) is 3. The van der Waals surface area contributed by atoms with Gasteiger partial charge in [0.05, 0.1) is 27.2 Å². The number of rotatable bonds is 4. The lowest BCUT2D eigenvalue weighted by molar-refractivity contribution is -0.109. The average Bonchev–Trinajstić information content (AvgIpc) is 2.30. The number of amides is 1. The van der Waals surface area contributed by atoms with Gasteiger partial charge in [0.1, 0.15) is 6.29 Å². The van der Waals surface area contributed by atoms with E-state index in [4.69, 9.17) is 28.3 Å². The van der Waals surface area contributed by atoms with E-state index in [-0.39, 0.29) is 21.2 Å². The van der Waals surface area contributed by atoms with E-state index in [1.54, 1.807) is 0 Å². The molecule has 0 saturated heterocycles. The average molecular weight is 290 g/mol. The first-order valence-electron chi connectivity index (χ1n) is 4.86. The second kappa shape index (κ2) is 5.84. The maximum Gasteiger partial charge on any atom is 0.338 e. The van der Waals surface area contributed by atoms with Gasteiger partial charge in [-0.15, -0.1) is 0 Å². The third-order valence-corrected chi connectivity index (χ3v) is 2.74. The van der Waals surface area contributed by atoms with Crippen LogP contribution in [0.5, 0.6) is 0 Å². The summed E-state index contributed by atoms with van der Waals surface area (Å²) in [6, 6.07) is 1.85. The highest BCUT2D eigenvalue weighted by Gasteiger charge is 2.23. The van der Waals surface area contributed by atoms with E-state index < -0.39 is 17.9 Å². The monoisotopic (exact) mass is 289 g/mol. The molecule has 1 atom stereocenters. The minimum absolute atomic E-state index is 0.0487. The van der Waals surface area contributed by atoms with Gasteiger partial charge in [-0.3, -0.25) is 4.79 Å². The van der Waals surface area contributed by atoms with Crippen molar-refractivity contribution in [2.45, 2.75) is 13.0 Å². The largest absolute Gasteiger partial charge is 0.478 e. The van der Waals surface area contributed by atoms with E-state index in [1.165, 1.54) is 19.1 Å². The lowest BCUT2D eigenvalue weighted by Crippen LogP contribution is -2.34. The van der Waals surface area contributed by atoms with Gasteiger partial charge in [0, 0.05) is 0 Å². The van der Waals surface area contributed by atoms with Crippen LogP contribution in [-0.2, 0) is 4.79 Å². The first-order chi connectivity index (χ1) is 8.38. The molecule has 18 heavy (non-hydrogen) atoms. The third kappa shape index (κ3) is 3.00. The molecule has 0 saturated carbocycles. The number of benzene rings is 1. The van der Waals surface area contributed by atoms with Crippen molar-refractivity contribution < 1.29 is 19.5 Å². The number of hydrogen-bond donors (Lipinski definition) is 2. The molecule has 96 valence electrons. The summed E-state index contributed by atoms with van der Waals surface area (Å²) in [6.45, 7) is 1.45. The molecule has 5 nitrogen and oxygen atoms in total. The van der Waals surface area contributed by atoms with Gasteiger partial charge in [-0.25, -0.2) is 4.79 Å². The standard InChI is InChI=1S/C11H9Cl2NO4/c1-5(4-15)14-10(16)8-6(12)2-3-7(13)9(8)11(17)18/h2-5H,1H3,(H,14,16)(H,17,18). The van der Waals surface area contributed by atoms with Crippen LogP contribution in [0.2, 0.25) is 10.0 Å². The van der Waals surface area contributed by atoms with Crippen molar-refractivity contribution in [2.24, 2.45) is 0 Å². The predicted octanol–water partition coefficient (Wildman–Crippen LogP) is 2.01. The van der Waals surface area contributed by atoms with Gasteiger partial charge >= 0.3 is 5.97 Å². The van der Waals surface area contributed by atoms with Crippen LogP contribution in [-0.4, -0.2) is 29.3 Å². The molecule has 0 bridgehead atoms. The van der Waals surface area contributed by atoms with E-state index in [9.17, 15) is 14.4 Å². The Labute approximate surface area is 113 Å². The Balaban J connectivity index is 3.30. The molecule has 2 N–H and O–H groups in total. The molecule has 0 aromatic heterocycles. The highest BCUT2D eigenvalue weighted by Crippen LogP contribution is 2.27. The van der Waals surface area contributed by atoms with Crippen molar-refractivity contribution in [2.75, 3.05) is 0 Å². The molecular weight excluding hydrogens is 281 g/mol. The van der Waals surface area contributed by atoms with E-state index >= 15 is 0 Å². The number of aldehydes is 1. The van der Waals surface area contributed by atoms with Gasteiger partial charge in [-0.05, 0) is 19.1 Å². The number of nitrogens with one attached hydrogen (secondary N) is 1. The summed E-state index contributed by atoms with van der Waals surface area (Å²) in [6.07, 6.45) is 0.511. The molecule has 1 unspecified atom stereocenters. The number of carboxylic acids is 1. The van der Waals surface area contributed by atoms with Gasteiger partial charge in [0.2, 0.25) is 0 Å². The van der Waals surface area contributed by atoms with E-state index in [1.807, 2.05) is 0 Å². The van der Waals surface area contributed by atoms with E-state index in [0.29, 0.717) is 6.29 Å². The van der Waals surface area contributed by atoms with Crippen molar-refractivity contribution >= 4 is 41.4 Å². The van der Waals surface area contributed by atoms with Crippen LogP contribution in [0.15, 0.2) is 12.1 Å². The number of halogens is 2. The molecule has 1 amide bonds. The number of carbonyl (C=O) groups is 3. The maximum atomic E-state index is 11.8. The maximum absolute atomic E-state index is 11.8. The lowest BCUT2D eigenvalue weighted by Gasteiger charge is -2.12. The first kappa shape index (κ1) is 14.5. The summed E-state index contributed by atoms with van der Waals surface area (Å²) in [5.41, 5.74) is -0.648. The summed E-state index contributed by atoms with van der Waals surface area (Å²) in [4.78, 5) is 33.4. The normalized spacial score (nSPS) is 11.7. The second-order valence-electron chi connectivity index (χ2n) is 3.48. The highest BCUT2D eigenvalue weighted by molar-refractivity contribution is 6.38. The van der Waals surface area contributed by atoms with Gasteiger partial charge in [0.15, 0.2) is 0 Å². The molecule has 1 aromatic rings. The van der Waals surface area contributed by atoms with Crippen molar-refractivity contribution in [1.82, 2.24) is 5.32 Å². The SMILES string of the molecule is CC(C=O)NC(=O)c1c(Cl)ccc(Cl)c1C(=O)O. The summed E-state index contributed by atoms with van der Waals surface area (Å²) in [5, 5.41) is 11.2. The number of carbonyl (C=O) groups excluding carboxylic acids is 2. The van der Waals surface area contributed by atoms with Crippen LogP contribution in [0.25, 0.3) is 0 Å². The zero-order chi connectivity index (χ0) is 13.9. The van der Waals surface area contributed by atoms with Gasteiger partial charge in [-0.1, -0.05) is 23.2 Å². The second-order valence-corrected chi connectivity index (χ2v) is 4.30.